The number of hydrogen-bond acceptors (Lipinski definition) is 6. The van der Waals surface area contributed by atoms with E-state index in [-0.39, 0.29) is 23.9 Å². The lowest BCUT2D eigenvalue weighted by molar-refractivity contribution is -0.128. The Bertz CT molecular complexity index is 1660. The topological polar surface area (TPSA) is 114 Å². The van der Waals surface area contributed by atoms with Gasteiger partial charge in [0.2, 0.25) is 5.91 Å². The highest BCUT2D eigenvalue weighted by atomic mass is 19.1. The lowest BCUT2D eigenvalue weighted by Crippen LogP contribution is -2.65. The van der Waals surface area contributed by atoms with Crippen LogP contribution in [-0.2, 0) is 16.2 Å². The lowest BCUT2D eigenvalue weighted by atomic mass is 9.93. The van der Waals surface area contributed by atoms with E-state index in [1.165, 1.54) is 19.3 Å². The first-order chi connectivity index (χ1) is 20.2. The van der Waals surface area contributed by atoms with Gasteiger partial charge in [-0.15, -0.1) is 0 Å². The van der Waals surface area contributed by atoms with Crippen LogP contribution < -0.4 is 20.3 Å². The first-order valence-electron chi connectivity index (χ1n) is 12.7. The number of urea groups is 1. The fourth-order valence-electron chi connectivity index (χ4n) is 4.16. The Kier molecular flexibility index (Phi) is 7.88. The average molecular weight is 568 g/mol. The fraction of sp³-hybridized carbons (Fsp3) is 0.129. The first-order valence-corrected chi connectivity index (χ1v) is 12.7. The minimum atomic E-state index is -1.72. The molecule has 0 radical (unpaired) electrons. The van der Waals surface area contributed by atoms with E-state index in [9.17, 15) is 14.4 Å². The number of nitrogens with one attached hydrogen (secondary N) is 2. The highest BCUT2D eigenvalue weighted by molar-refractivity contribution is 6.20. The van der Waals surface area contributed by atoms with Crippen LogP contribution in [0.5, 0.6) is 6.01 Å². The van der Waals surface area contributed by atoms with Crippen molar-refractivity contribution in [3.05, 3.63) is 114 Å². The molecule has 9 nitrogen and oxygen atoms in total. The van der Waals surface area contributed by atoms with Gasteiger partial charge in [-0.3, -0.25) is 9.59 Å². The number of benzene rings is 3. The van der Waals surface area contributed by atoms with Gasteiger partial charge in [0.25, 0.3) is 5.91 Å². The van der Waals surface area contributed by atoms with E-state index in [2.05, 4.69) is 32.4 Å². The van der Waals surface area contributed by atoms with E-state index < -0.39 is 47.1 Å². The number of rotatable bonds is 6. The number of carbonyl (C=O) groups excluding carboxylic acids is 3. The van der Waals surface area contributed by atoms with Gasteiger partial charge >= 0.3 is 12.0 Å². The minimum absolute atomic E-state index is 0.0189. The third-order valence-electron chi connectivity index (χ3n) is 6.30. The van der Waals surface area contributed by atoms with Gasteiger partial charge < -0.3 is 15.4 Å². The second kappa shape index (κ2) is 11.9. The van der Waals surface area contributed by atoms with Crippen LogP contribution in [-0.4, -0.2) is 33.4 Å². The predicted octanol–water partition coefficient (Wildman–Crippen LogP) is 4.58. The summed E-state index contributed by atoms with van der Waals surface area (Å²) in [7, 11) is 0. The third kappa shape index (κ3) is 6.23. The average Bonchev–Trinajstić information content (AvgIpc) is 2.98. The summed E-state index contributed by atoms with van der Waals surface area (Å²) in [6, 6.07) is 19.0. The second-order valence-electron chi connectivity index (χ2n) is 9.56. The van der Waals surface area contributed by atoms with E-state index >= 15 is 8.78 Å². The molecule has 0 bridgehead atoms. The number of imide groups is 1. The quantitative estimate of drug-likeness (QED) is 0.330. The highest BCUT2D eigenvalue weighted by Crippen LogP contribution is 2.30. The molecule has 5 rings (SSSR count). The minimum Gasteiger partial charge on any atom is -0.459 e. The third-order valence-corrected chi connectivity index (χ3v) is 6.30. The summed E-state index contributed by atoms with van der Waals surface area (Å²) in [6.45, 7) is 1.57. The van der Waals surface area contributed by atoms with Crippen molar-refractivity contribution >= 4 is 29.2 Å². The molecule has 1 atom stereocenters. The van der Waals surface area contributed by atoms with Gasteiger partial charge in [0, 0.05) is 11.1 Å². The maximum Gasteiger partial charge on any atom is 0.329 e. The molecule has 1 saturated heterocycles. The number of ether oxygens (including phenoxy) is 1. The normalized spacial score (nSPS) is 16.2. The number of carbonyl (C=O) groups is 3. The summed E-state index contributed by atoms with van der Waals surface area (Å²) in [6.07, 6.45) is 2.04. The molecular weight excluding hydrogens is 544 g/mol. The number of nitrogens with zero attached hydrogens (tertiary/aromatic N) is 3. The molecule has 2 heterocycles. The molecule has 11 heteroatoms. The SMILES string of the molecule is C[C@@]1(C(=O)Nc2cnc(OCc3ccccc3)nc2)CC(=O)N(c2c(F)cc(C#Cc3ccccc3)cc2F)C(=O)N1. The van der Waals surface area contributed by atoms with Crippen molar-refractivity contribution in [1.29, 1.82) is 0 Å². The lowest BCUT2D eigenvalue weighted by Gasteiger charge is -2.37. The van der Waals surface area contributed by atoms with Gasteiger partial charge in [-0.25, -0.2) is 28.4 Å². The van der Waals surface area contributed by atoms with Crippen molar-refractivity contribution in [3.63, 3.8) is 0 Å². The van der Waals surface area contributed by atoms with Crippen LogP contribution in [0.2, 0.25) is 0 Å². The molecule has 4 amide bonds. The van der Waals surface area contributed by atoms with Crippen molar-refractivity contribution < 1.29 is 27.9 Å². The highest BCUT2D eigenvalue weighted by Gasteiger charge is 2.47. The van der Waals surface area contributed by atoms with E-state index in [0.717, 1.165) is 17.7 Å². The molecule has 4 aromatic rings. The van der Waals surface area contributed by atoms with Crippen molar-refractivity contribution in [2.24, 2.45) is 0 Å². The predicted molar refractivity (Wildman–Crippen MR) is 149 cm³/mol. The van der Waals surface area contributed by atoms with Crippen LogP contribution in [0.15, 0.2) is 85.2 Å². The molecule has 2 N–H and O–H groups in total. The standard InChI is InChI=1S/C31H23F2N5O4/c1-31(28(40)36-23-17-34-29(35-18-23)42-19-21-10-6-3-7-11-21)16-26(39)38(30(41)37-31)27-24(32)14-22(15-25(27)33)13-12-20-8-4-2-5-9-20/h2-11,14-15,17-18H,16,19H2,1H3,(H,36,40)(H,37,41)/t31-/m0/s1. The van der Waals surface area contributed by atoms with E-state index in [1.54, 1.807) is 24.3 Å². The molecule has 0 spiro atoms. The van der Waals surface area contributed by atoms with Gasteiger partial charge in [0.05, 0.1) is 24.5 Å². The summed E-state index contributed by atoms with van der Waals surface area (Å²) in [4.78, 5) is 47.4. The fourth-order valence-corrected chi connectivity index (χ4v) is 4.16. The van der Waals surface area contributed by atoms with Crippen molar-refractivity contribution in [2.45, 2.75) is 25.5 Å². The first kappa shape index (κ1) is 27.9. The molecule has 0 aliphatic carbocycles. The van der Waals surface area contributed by atoms with E-state index in [4.69, 9.17) is 4.74 Å². The molecule has 1 aromatic heterocycles. The summed E-state index contributed by atoms with van der Waals surface area (Å²) in [5.41, 5.74) is -0.812. The molecular formula is C31H23F2N5O4. The summed E-state index contributed by atoms with van der Waals surface area (Å²) in [5, 5.41) is 4.92. The number of halogens is 2. The number of aromatic nitrogens is 2. The zero-order chi connectivity index (χ0) is 29.7. The van der Waals surface area contributed by atoms with Crippen LogP contribution in [0.4, 0.5) is 25.0 Å². The molecule has 210 valence electrons. The van der Waals surface area contributed by atoms with Crippen molar-refractivity contribution in [3.8, 4) is 17.9 Å². The summed E-state index contributed by atoms with van der Waals surface area (Å²) < 4.78 is 35.5. The Balaban J connectivity index is 1.25. The molecule has 1 fully saturated rings. The van der Waals surface area contributed by atoms with Crippen LogP contribution >= 0.6 is 0 Å². The zero-order valence-electron chi connectivity index (χ0n) is 22.2. The monoisotopic (exact) mass is 567 g/mol. The number of anilines is 2. The summed E-state index contributed by atoms with van der Waals surface area (Å²) >= 11 is 0. The van der Waals surface area contributed by atoms with Gasteiger partial charge in [0.1, 0.15) is 17.8 Å². The van der Waals surface area contributed by atoms with Crippen LogP contribution in [0.3, 0.4) is 0 Å². The van der Waals surface area contributed by atoms with E-state index in [0.29, 0.717) is 10.5 Å². The molecule has 0 unspecified atom stereocenters. The molecule has 1 aliphatic rings. The molecule has 0 saturated carbocycles. The number of amides is 4. The Morgan fingerprint density at radius 1 is 0.976 bits per heavy atom. The maximum absolute atomic E-state index is 15.0. The summed E-state index contributed by atoms with van der Waals surface area (Å²) in [5.74, 6) is 1.41. The molecule has 42 heavy (non-hydrogen) atoms. The zero-order valence-corrected chi connectivity index (χ0v) is 22.2. The van der Waals surface area contributed by atoms with Crippen molar-refractivity contribution in [1.82, 2.24) is 15.3 Å². The Labute approximate surface area is 239 Å². The largest absolute Gasteiger partial charge is 0.459 e. The van der Waals surface area contributed by atoms with Gasteiger partial charge in [-0.2, -0.15) is 0 Å². The van der Waals surface area contributed by atoms with E-state index in [1.807, 2.05) is 36.4 Å². The molecule has 3 aromatic carbocycles. The van der Waals surface area contributed by atoms with Crippen LogP contribution in [0.25, 0.3) is 0 Å². The van der Waals surface area contributed by atoms with Crippen LogP contribution in [0, 0.1) is 23.5 Å². The number of hydrogen-bond donors (Lipinski definition) is 2. The van der Waals surface area contributed by atoms with Gasteiger partial charge in [-0.1, -0.05) is 60.4 Å². The van der Waals surface area contributed by atoms with Gasteiger partial charge in [0.15, 0.2) is 11.6 Å². The maximum atomic E-state index is 15.0. The Morgan fingerprint density at radius 2 is 1.57 bits per heavy atom. The van der Waals surface area contributed by atoms with Gasteiger partial charge in [-0.05, 0) is 36.8 Å². The smallest absolute Gasteiger partial charge is 0.329 e. The van der Waals surface area contributed by atoms with Crippen molar-refractivity contribution in [2.75, 3.05) is 10.2 Å². The second-order valence-corrected chi connectivity index (χ2v) is 9.56. The van der Waals surface area contributed by atoms with Crippen LogP contribution in [0.1, 0.15) is 30.0 Å². The molecule has 1 aliphatic heterocycles. The Hall–Kier alpha value is -5.63. The Morgan fingerprint density at radius 3 is 2.19 bits per heavy atom.